The lowest BCUT2D eigenvalue weighted by Crippen LogP contribution is -2.24. The molecule has 0 spiro atoms. The molecule has 3 atom stereocenters. The largest absolute Gasteiger partial charge is 0.388 e. The summed E-state index contributed by atoms with van der Waals surface area (Å²) in [6, 6.07) is 19.4. The molecule has 3 N–H and O–H groups in total. The molecule has 0 saturated carbocycles. The zero-order chi connectivity index (χ0) is 13.0. The number of hydrogen-bond acceptors (Lipinski definition) is 2. The smallest absolute Gasteiger partial charge is 0.0833 e. The average molecular weight is 241 g/mol. The Morgan fingerprint density at radius 1 is 0.833 bits per heavy atom. The van der Waals surface area contributed by atoms with E-state index in [1.807, 2.05) is 67.6 Å². The van der Waals surface area contributed by atoms with E-state index in [9.17, 15) is 5.11 Å². The van der Waals surface area contributed by atoms with Crippen LogP contribution in [0, 0.1) is 5.92 Å². The van der Waals surface area contributed by atoms with Crippen LogP contribution >= 0.6 is 0 Å². The Balaban J connectivity index is 2.14. The van der Waals surface area contributed by atoms with Gasteiger partial charge >= 0.3 is 0 Å². The highest BCUT2D eigenvalue weighted by Gasteiger charge is 2.23. The fourth-order valence-corrected chi connectivity index (χ4v) is 2.13. The van der Waals surface area contributed by atoms with Gasteiger partial charge in [-0.15, -0.1) is 0 Å². The average Bonchev–Trinajstić information content (AvgIpc) is 2.47. The standard InChI is InChI=1S/C16H19NO/c1-12(15(17)13-8-4-2-5-9-13)16(18)14-10-6-3-7-11-14/h2-12,15-16,18H,17H2,1H3/t12-,15-,16+/m0/s1. The van der Waals surface area contributed by atoms with E-state index in [0.717, 1.165) is 11.1 Å². The molecule has 0 heterocycles. The van der Waals surface area contributed by atoms with Gasteiger partial charge in [0.25, 0.3) is 0 Å². The Hall–Kier alpha value is -1.64. The van der Waals surface area contributed by atoms with Gasteiger partial charge in [0.2, 0.25) is 0 Å². The number of hydrogen-bond donors (Lipinski definition) is 2. The lowest BCUT2D eigenvalue weighted by Gasteiger charge is -2.25. The SMILES string of the molecule is C[C@@H]([C@H](N)c1ccccc1)[C@@H](O)c1ccccc1. The molecule has 94 valence electrons. The van der Waals surface area contributed by atoms with Crippen LogP contribution in [-0.2, 0) is 0 Å². The molecule has 0 radical (unpaired) electrons. The first-order chi connectivity index (χ1) is 8.70. The third-order valence-electron chi connectivity index (χ3n) is 3.39. The summed E-state index contributed by atoms with van der Waals surface area (Å²) >= 11 is 0. The number of nitrogens with two attached hydrogens (primary N) is 1. The van der Waals surface area contributed by atoms with E-state index in [4.69, 9.17) is 5.73 Å². The Morgan fingerprint density at radius 3 is 1.78 bits per heavy atom. The molecule has 0 amide bonds. The first-order valence-corrected chi connectivity index (χ1v) is 6.23. The highest BCUT2D eigenvalue weighted by molar-refractivity contribution is 5.22. The Kier molecular flexibility index (Phi) is 4.13. The zero-order valence-electron chi connectivity index (χ0n) is 10.5. The van der Waals surface area contributed by atoms with Gasteiger partial charge in [-0.25, -0.2) is 0 Å². The van der Waals surface area contributed by atoms with Crippen molar-refractivity contribution >= 4 is 0 Å². The number of benzene rings is 2. The zero-order valence-corrected chi connectivity index (χ0v) is 10.5. The summed E-state index contributed by atoms with van der Waals surface area (Å²) < 4.78 is 0. The minimum atomic E-state index is -0.540. The summed E-state index contributed by atoms with van der Waals surface area (Å²) in [4.78, 5) is 0. The summed E-state index contributed by atoms with van der Waals surface area (Å²) in [5.74, 6) is -0.0326. The predicted molar refractivity (Wildman–Crippen MR) is 73.9 cm³/mol. The third-order valence-corrected chi connectivity index (χ3v) is 3.39. The molecule has 0 unspecified atom stereocenters. The molecule has 0 bridgehead atoms. The maximum Gasteiger partial charge on any atom is 0.0833 e. The van der Waals surface area contributed by atoms with Crippen LogP contribution in [-0.4, -0.2) is 5.11 Å². The van der Waals surface area contributed by atoms with Crippen molar-refractivity contribution < 1.29 is 5.11 Å². The van der Waals surface area contributed by atoms with Crippen molar-refractivity contribution in [2.75, 3.05) is 0 Å². The van der Waals surface area contributed by atoms with E-state index in [0.29, 0.717) is 0 Å². The summed E-state index contributed by atoms with van der Waals surface area (Å²) in [6.07, 6.45) is -0.540. The maximum atomic E-state index is 10.3. The van der Waals surface area contributed by atoms with Crippen LogP contribution in [0.5, 0.6) is 0 Å². The van der Waals surface area contributed by atoms with Crippen LogP contribution in [0.15, 0.2) is 60.7 Å². The number of rotatable bonds is 4. The van der Waals surface area contributed by atoms with Crippen molar-refractivity contribution in [1.29, 1.82) is 0 Å². The summed E-state index contributed by atoms with van der Waals surface area (Å²) in [6.45, 7) is 1.98. The third kappa shape index (κ3) is 2.78. The normalized spacial score (nSPS) is 15.9. The minimum Gasteiger partial charge on any atom is -0.388 e. The van der Waals surface area contributed by atoms with Crippen molar-refractivity contribution in [3.63, 3.8) is 0 Å². The van der Waals surface area contributed by atoms with Crippen LogP contribution in [0.3, 0.4) is 0 Å². The lowest BCUT2D eigenvalue weighted by molar-refractivity contribution is 0.103. The van der Waals surface area contributed by atoms with Gasteiger partial charge in [-0.1, -0.05) is 67.6 Å². The van der Waals surface area contributed by atoms with Crippen LogP contribution in [0.2, 0.25) is 0 Å². The van der Waals surface area contributed by atoms with Gasteiger partial charge in [-0.3, -0.25) is 0 Å². The first-order valence-electron chi connectivity index (χ1n) is 6.23. The second-order valence-corrected chi connectivity index (χ2v) is 4.65. The quantitative estimate of drug-likeness (QED) is 0.864. The topological polar surface area (TPSA) is 46.2 Å². The molecule has 0 saturated heterocycles. The van der Waals surface area contributed by atoms with Crippen molar-refractivity contribution in [2.24, 2.45) is 11.7 Å². The molecule has 0 aliphatic heterocycles. The van der Waals surface area contributed by atoms with Crippen LogP contribution < -0.4 is 5.73 Å². The van der Waals surface area contributed by atoms with E-state index >= 15 is 0 Å². The fourth-order valence-electron chi connectivity index (χ4n) is 2.13. The Bertz CT molecular complexity index is 423. The lowest BCUT2D eigenvalue weighted by atomic mass is 9.87. The molecule has 2 heteroatoms. The van der Waals surface area contributed by atoms with Gasteiger partial charge in [-0.05, 0) is 11.1 Å². The van der Waals surface area contributed by atoms with E-state index < -0.39 is 6.10 Å². The molecule has 2 aromatic carbocycles. The number of aliphatic hydroxyl groups is 1. The molecule has 2 rings (SSSR count). The van der Waals surface area contributed by atoms with Crippen LogP contribution in [0.1, 0.15) is 30.2 Å². The fraction of sp³-hybridized carbons (Fsp3) is 0.250. The molecule has 2 aromatic rings. The molecular formula is C16H19NO. The number of aliphatic hydroxyl groups excluding tert-OH is 1. The molecule has 0 fully saturated rings. The minimum absolute atomic E-state index is 0.0326. The van der Waals surface area contributed by atoms with Gasteiger partial charge in [0.05, 0.1) is 6.10 Å². The molecule has 0 aliphatic rings. The first kappa shape index (κ1) is 12.8. The van der Waals surface area contributed by atoms with Crippen molar-refractivity contribution in [3.8, 4) is 0 Å². The monoisotopic (exact) mass is 241 g/mol. The van der Waals surface area contributed by atoms with Gasteiger partial charge < -0.3 is 10.8 Å². The van der Waals surface area contributed by atoms with Gasteiger partial charge in [0.15, 0.2) is 0 Å². The van der Waals surface area contributed by atoms with Crippen LogP contribution in [0.25, 0.3) is 0 Å². The van der Waals surface area contributed by atoms with Gasteiger partial charge in [-0.2, -0.15) is 0 Å². The van der Waals surface area contributed by atoms with E-state index in [1.165, 1.54) is 0 Å². The molecule has 2 nitrogen and oxygen atoms in total. The van der Waals surface area contributed by atoms with Gasteiger partial charge in [0, 0.05) is 12.0 Å². The molecular weight excluding hydrogens is 222 g/mol. The Morgan fingerprint density at radius 2 is 1.28 bits per heavy atom. The van der Waals surface area contributed by atoms with Crippen molar-refractivity contribution in [1.82, 2.24) is 0 Å². The van der Waals surface area contributed by atoms with Crippen molar-refractivity contribution in [2.45, 2.75) is 19.1 Å². The predicted octanol–water partition coefficient (Wildman–Crippen LogP) is 3.06. The Labute approximate surface area is 108 Å². The van der Waals surface area contributed by atoms with E-state index in [1.54, 1.807) is 0 Å². The summed E-state index contributed by atoms with van der Waals surface area (Å²) in [5.41, 5.74) is 8.19. The second kappa shape index (κ2) is 5.80. The maximum absolute atomic E-state index is 10.3. The van der Waals surface area contributed by atoms with E-state index in [-0.39, 0.29) is 12.0 Å². The molecule has 0 aromatic heterocycles. The molecule has 0 aliphatic carbocycles. The second-order valence-electron chi connectivity index (χ2n) is 4.65. The highest BCUT2D eigenvalue weighted by atomic mass is 16.3. The molecule has 18 heavy (non-hydrogen) atoms. The van der Waals surface area contributed by atoms with Crippen molar-refractivity contribution in [3.05, 3.63) is 71.8 Å². The summed E-state index contributed by atoms with van der Waals surface area (Å²) in [7, 11) is 0. The van der Waals surface area contributed by atoms with Gasteiger partial charge in [0.1, 0.15) is 0 Å². The highest BCUT2D eigenvalue weighted by Crippen LogP contribution is 2.30. The van der Waals surface area contributed by atoms with Crippen LogP contribution in [0.4, 0.5) is 0 Å². The van der Waals surface area contributed by atoms with E-state index in [2.05, 4.69) is 0 Å². The summed E-state index contributed by atoms with van der Waals surface area (Å²) in [5, 5.41) is 10.3.